The van der Waals surface area contributed by atoms with Crippen molar-refractivity contribution < 1.29 is 4.74 Å². The molecule has 2 N–H and O–H groups in total. The average Bonchev–Trinajstić information content (AvgIpc) is 3.41. The normalized spacial score (nSPS) is 30.2. The molecule has 2 aliphatic heterocycles. The maximum absolute atomic E-state index is 6.32. The van der Waals surface area contributed by atoms with Crippen LogP contribution < -0.4 is 5.73 Å². The number of hydrogen-bond acceptors (Lipinski definition) is 4. The van der Waals surface area contributed by atoms with Crippen LogP contribution in [0.5, 0.6) is 0 Å². The lowest BCUT2D eigenvalue weighted by Crippen LogP contribution is -2.48. The van der Waals surface area contributed by atoms with Crippen LogP contribution in [0.25, 0.3) is 0 Å². The molecule has 0 spiro atoms. The molecule has 3 aliphatic rings. The van der Waals surface area contributed by atoms with Gasteiger partial charge in [0.1, 0.15) is 0 Å². The van der Waals surface area contributed by atoms with E-state index in [2.05, 4.69) is 34.9 Å². The van der Waals surface area contributed by atoms with E-state index in [0.29, 0.717) is 17.9 Å². The van der Waals surface area contributed by atoms with Gasteiger partial charge in [-0.2, -0.15) is 5.10 Å². The summed E-state index contributed by atoms with van der Waals surface area (Å²) in [6.07, 6.45) is 7.25. The van der Waals surface area contributed by atoms with Gasteiger partial charge in [-0.05, 0) is 51.1 Å². The zero-order valence-electron chi connectivity index (χ0n) is 16.5. The molecule has 0 aromatic carbocycles. The van der Waals surface area contributed by atoms with Crippen LogP contribution in [0.4, 0.5) is 0 Å². The monoisotopic (exact) mass is 488 g/mol. The molecule has 0 amide bonds. The number of aliphatic imine (C=N–C) groups is 1. The molecule has 8 heteroatoms. The van der Waals surface area contributed by atoms with Crippen LogP contribution in [0.2, 0.25) is 0 Å². The standard InChI is InChI=1S/C19H32N6O.HI/c1-14-13-24(10-11-26-14)19(20)21-12-15-4-3-9-25(16-5-6-16)18(15)17-7-8-22-23(17)2;/h7-8,14-16,18H,3-6,9-13H2,1-2H3,(H2,20,21);1H/t14?,15-,18+;/m0./s1. The predicted octanol–water partition coefficient (Wildman–Crippen LogP) is 1.99. The van der Waals surface area contributed by atoms with E-state index in [9.17, 15) is 0 Å². The highest BCUT2D eigenvalue weighted by Gasteiger charge is 2.41. The fourth-order valence-corrected chi connectivity index (χ4v) is 4.53. The fourth-order valence-electron chi connectivity index (χ4n) is 4.53. The largest absolute Gasteiger partial charge is 0.375 e. The van der Waals surface area contributed by atoms with Crippen molar-refractivity contribution in [2.24, 2.45) is 23.7 Å². The second-order valence-electron chi connectivity index (χ2n) is 8.02. The molecule has 27 heavy (non-hydrogen) atoms. The third kappa shape index (κ3) is 4.76. The molecule has 3 fully saturated rings. The molecule has 1 aromatic heterocycles. The molecule has 7 nitrogen and oxygen atoms in total. The highest BCUT2D eigenvalue weighted by Crippen LogP contribution is 2.42. The van der Waals surface area contributed by atoms with Crippen LogP contribution >= 0.6 is 24.0 Å². The van der Waals surface area contributed by atoms with Gasteiger partial charge in [-0.25, -0.2) is 0 Å². The number of nitrogens with two attached hydrogens (primary N) is 1. The summed E-state index contributed by atoms with van der Waals surface area (Å²) in [5.41, 5.74) is 7.63. The van der Waals surface area contributed by atoms with E-state index >= 15 is 0 Å². The Bertz CT molecular complexity index is 646. The van der Waals surface area contributed by atoms with E-state index in [1.807, 2.05) is 10.9 Å². The van der Waals surface area contributed by atoms with Crippen molar-refractivity contribution in [1.29, 1.82) is 0 Å². The maximum atomic E-state index is 6.32. The van der Waals surface area contributed by atoms with Gasteiger partial charge in [-0.3, -0.25) is 14.6 Å². The average molecular weight is 488 g/mol. The third-order valence-electron chi connectivity index (χ3n) is 6.03. The van der Waals surface area contributed by atoms with E-state index in [4.69, 9.17) is 15.5 Å². The molecule has 0 bridgehead atoms. The summed E-state index contributed by atoms with van der Waals surface area (Å²) in [4.78, 5) is 9.68. The summed E-state index contributed by atoms with van der Waals surface area (Å²) in [6.45, 7) is 6.47. The van der Waals surface area contributed by atoms with Crippen LogP contribution in [-0.4, -0.2) is 70.5 Å². The topological polar surface area (TPSA) is 71.9 Å². The van der Waals surface area contributed by atoms with Crippen LogP contribution in [-0.2, 0) is 11.8 Å². The van der Waals surface area contributed by atoms with Gasteiger partial charge >= 0.3 is 0 Å². The van der Waals surface area contributed by atoms with Gasteiger partial charge in [0, 0.05) is 38.9 Å². The summed E-state index contributed by atoms with van der Waals surface area (Å²) in [6, 6.07) is 3.33. The molecule has 4 rings (SSSR count). The molecule has 2 saturated heterocycles. The van der Waals surface area contributed by atoms with Crippen molar-refractivity contribution in [3.8, 4) is 0 Å². The minimum Gasteiger partial charge on any atom is -0.375 e. The van der Waals surface area contributed by atoms with E-state index in [1.165, 1.54) is 37.9 Å². The molecule has 1 aliphatic carbocycles. The Labute approximate surface area is 179 Å². The molecular weight excluding hydrogens is 455 g/mol. The Kier molecular flexibility index (Phi) is 7.02. The van der Waals surface area contributed by atoms with E-state index in [1.54, 1.807) is 0 Å². The molecule has 3 atom stereocenters. The van der Waals surface area contributed by atoms with Crippen molar-refractivity contribution in [3.63, 3.8) is 0 Å². The molecular formula is C19H33IN6O. The Balaban J connectivity index is 0.00000210. The summed E-state index contributed by atoms with van der Waals surface area (Å²) in [5.74, 6) is 1.17. The van der Waals surface area contributed by atoms with Crippen molar-refractivity contribution in [2.75, 3.05) is 32.8 Å². The molecule has 3 heterocycles. The lowest BCUT2D eigenvalue weighted by molar-refractivity contribution is 0.00518. The number of ether oxygens (including phenoxy) is 1. The van der Waals surface area contributed by atoms with E-state index in [-0.39, 0.29) is 30.1 Å². The van der Waals surface area contributed by atoms with Crippen LogP contribution in [0.1, 0.15) is 44.3 Å². The quantitative estimate of drug-likeness (QED) is 0.399. The minimum absolute atomic E-state index is 0. The Morgan fingerprint density at radius 1 is 1.33 bits per heavy atom. The van der Waals surface area contributed by atoms with E-state index < -0.39 is 0 Å². The van der Waals surface area contributed by atoms with Gasteiger partial charge in [0.15, 0.2) is 5.96 Å². The minimum atomic E-state index is 0. The van der Waals surface area contributed by atoms with Gasteiger partial charge < -0.3 is 15.4 Å². The molecule has 1 unspecified atom stereocenters. The lowest BCUT2D eigenvalue weighted by Gasteiger charge is -2.41. The summed E-state index contributed by atoms with van der Waals surface area (Å²) < 4.78 is 7.65. The van der Waals surface area contributed by atoms with Crippen molar-refractivity contribution in [3.05, 3.63) is 18.0 Å². The molecule has 1 aromatic rings. The Hall–Kier alpha value is -0.870. The number of hydrogen-bond donors (Lipinski definition) is 1. The van der Waals surface area contributed by atoms with Crippen molar-refractivity contribution in [1.82, 2.24) is 19.6 Å². The highest BCUT2D eigenvalue weighted by atomic mass is 127. The number of nitrogens with zero attached hydrogens (tertiary/aromatic N) is 5. The number of morpholine rings is 1. The van der Waals surface area contributed by atoms with Crippen LogP contribution in [0, 0.1) is 5.92 Å². The smallest absolute Gasteiger partial charge is 0.191 e. The number of piperidine rings is 1. The lowest BCUT2D eigenvalue weighted by atomic mass is 9.86. The fraction of sp³-hybridized carbons (Fsp3) is 0.789. The number of guanidine groups is 1. The van der Waals surface area contributed by atoms with Gasteiger partial charge in [0.2, 0.25) is 0 Å². The first kappa shape index (κ1) is 20.9. The zero-order valence-corrected chi connectivity index (χ0v) is 18.8. The van der Waals surface area contributed by atoms with Crippen molar-refractivity contribution in [2.45, 2.75) is 50.8 Å². The molecule has 0 radical (unpaired) electrons. The number of aryl methyl sites for hydroxylation is 1. The van der Waals surface area contributed by atoms with Gasteiger partial charge in [0.25, 0.3) is 0 Å². The second-order valence-corrected chi connectivity index (χ2v) is 8.02. The number of likely N-dealkylation sites (tertiary alicyclic amines) is 1. The van der Waals surface area contributed by atoms with Crippen molar-refractivity contribution >= 4 is 29.9 Å². The first-order chi connectivity index (χ1) is 12.6. The summed E-state index contributed by atoms with van der Waals surface area (Å²) >= 11 is 0. The van der Waals surface area contributed by atoms with Gasteiger partial charge in [-0.1, -0.05) is 0 Å². The molecule has 1 saturated carbocycles. The summed E-state index contributed by atoms with van der Waals surface area (Å²) in [5, 5.41) is 4.42. The molecule has 152 valence electrons. The zero-order chi connectivity index (χ0) is 18.1. The SMILES string of the molecule is CC1CN(C(N)=NC[C@@H]2CCCN(C3CC3)[C@H]2c2ccnn2C)CCO1.I. The van der Waals surface area contributed by atoms with E-state index in [0.717, 1.165) is 32.3 Å². The highest BCUT2D eigenvalue weighted by molar-refractivity contribution is 14.0. The Morgan fingerprint density at radius 3 is 2.81 bits per heavy atom. The summed E-state index contributed by atoms with van der Waals surface area (Å²) in [7, 11) is 2.05. The maximum Gasteiger partial charge on any atom is 0.191 e. The Morgan fingerprint density at radius 2 is 2.15 bits per heavy atom. The van der Waals surface area contributed by atoms with Crippen LogP contribution in [0.15, 0.2) is 17.3 Å². The van der Waals surface area contributed by atoms with Gasteiger partial charge in [-0.15, -0.1) is 24.0 Å². The number of rotatable bonds is 4. The van der Waals surface area contributed by atoms with Crippen LogP contribution in [0.3, 0.4) is 0 Å². The first-order valence-electron chi connectivity index (χ1n) is 10.0. The number of aromatic nitrogens is 2. The third-order valence-corrected chi connectivity index (χ3v) is 6.03. The predicted molar refractivity (Wildman–Crippen MR) is 117 cm³/mol. The first-order valence-corrected chi connectivity index (χ1v) is 10.0. The number of halogens is 1. The second kappa shape index (κ2) is 9.09. The van der Waals surface area contributed by atoms with Gasteiger partial charge in [0.05, 0.1) is 24.4 Å².